The first-order valence-corrected chi connectivity index (χ1v) is 5.75. The number of epoxide rings is 1. The van der Waals surface area contributed by atoms with Gasteiger partial charge in [-0.15, -0.1) is 0 Å². The lowest BCUT2D eigenvalue weighted by Crippen LogP contribution is -2.34. The van der Waals surface area contributed by atoms with Crippen LogP contribution < -0.4 is 5.32 Å². The second-order valence-corrected chi connectivity index (χ2v) is 4.33. The van der Waals surface area contributed by atoms with Crippen molar-refractivity contribution in [1.82, 2.24) is 5.32 Å². The number of nitrogens with one attached hydrogen (secondary N) is 1. The highest BCUT2D eigenvalue weighted by atomic mass is 35.5. The topological polar surface area (TPSA) is 50.9 Å². The Labute approximate surface area is 105 Å². The van der Waals surface area contributed by atoms with Gasteiger partial charge in [-0.25, -0.2) is 0 Å². The Hall–Kier alpha value is -1.10. The third kappa shape index (κ3) is 3.43. The molecule has 0 radical (unpaired) electrons. The molecule has 0 aliphatic carbocycles. The Morgan fingerprint density at radius 1 is 1.71 bits per heavy atom. The van der Waals surface area contributed by atoms with E-state index in [1.54, 1.807) is 13.2 Å². The molecule has 0 aromatic heterocycles. The van der Waals surface area contributed by atoms with E-state index in [0.29, 0.717) is 18.2 Å². The minimum absolute atomic E-state index is 0.105. The highest BCUT2D eigenvalue weighted by molar-refractivity contribution is 6.30. The van der Waals surface area contributed by atoms with Crippen LogP contribution in [0.15, 0.2) is 24.3 Å². The average Bonchev–Trinajstić information content (AvgIpc) is 3.12. The molecule has 2 atom stereocenters. The van der Waals surface area contributed by atoms with Gasteiger partial charge < -0.3 is 14.8 Å². The summed E-state index contributed by atoms with van der Waals surface area (Å²) < 4.78 is 10.0. The van der Waals surface area contributed by atoms with Crippen molar-refractivity contribution in [2.75, 3.05) is 20.3 Å². The first-order valence-electron chi connectivity index (χ1n) is 5.37. The van der Waals surface area contributed by atoms with Crippen LogP contribution in [0.3, 0.4) is 0 Å². The zero-order valence-electron chi connectivity index (χ0n) is 9.48. The van der Waals surface area contributed by atoms with E-state index in [4.69, 9.17) is 21.1 Å². The summed E-state index contributed by atoms with van der Waals surface area (Å²) in [6, 6.07) is 7.17. The van der Waals surface area contributed by atoms with Crippen LogP contribution in [0.1, 0.15) is 11.6 Å². The summed E-state index contributed by atoms with van der Waals surface area (Å²) in [7, 11) is 1.59. The molecule has 1 aromatic carbocycles. The summed E-state index contributed by atoms with van der Waals surface area (Å²) in [5.74, 6) is -0.105. The third-order valence-corrected chi connectivity index (χ3v) is 2.76. The molecule has 4 nitrogen and oxygen atoms in total. The van der Waals surface area contributed by atoms with Gasteiger partial charge in [-0.2, -0.15) is 0 Å². The van der Waals surface area contributed by atoms with Gasteiger partial charge in [-0.1, -0.05) is 23.7 Å². The number of hydrogen-bond acceptors (Lipinski definition) is 3. The summed E-state index contributed by atoms with van der Waals surface area (Å²) in [6.45, 7) is 0.903. The third-order valence-electron chi connectivity index (χ3n) is 2.53. The minimum Gasteiger partial charge on any atom is -0.382 e. The second-order valence-electron chi connectivity index (χ2n) is 3.89. The maximum Gasteiger partial charge on any atom is 0.252 e. The molecule has 1 N–H and O–H groups in total. The summed E-state index contributed by atoms with van der Waals surface area (Å²) in [5, 5.41) is 3.52. The molecule has 1 amide bonds. The van der Waals surface area contributed by atoms with Gasteiger partial charge in [0.15, 0.2) is 6.10 Å². The average molecular weight is 256 g/mol. The Kier molecular flexibility index (Phi) is 3.99. The van der Waals surface area contributed by atoms with Gasteiger partial charge in [0.05, 0.1) is 19.3 Å². The maximum atomic E-state index is 11.6. The number of carbonyl (C=O) groups excluding carboxylic acids is 1. The molecule has 1 aliphatic rings. The number of hydrogen-bond donors (Lipinski definition) is 1. The molecular formula is C12H14ClNO3. The number of carbonyl (C=O) groups is 1. The maximum absolute atomic E-state index is 11.6. The fourth-order valence-electron chi connectivity index (χ4n) is 1.58. The van der Waals surface area contributed by atoms with Crippen molar-refractivity contribution in [1.29, 1.82) is 0 Å². The number of methoxy groups -OCH3 is 1. The van der Waals surface area contributed by atoms with Crippen LogP contribution in [0.2, 0.25) is 5.02 Å². The Bertz CT molecular complexity index is 406. The molecule has 1 fully saturated rings. The molecular weight excluding hydrogens is 242 g/mol. The van der Waals surface area contributed by atoms with Gasteiger partial charge in [-0.05, 0) is 17.7 Å². The molecule has 1 saturated heterocycles. The SMILES string of the molecule is COCC(NC(=O)C1CO1)c1cccc(Cl)c1. The van der Waals surface area contributed by atoms with Crippen molar-refractivity contribution in [2.45, 2.75) is 12.1 Å². The summed E-state index contributed by atoms with van der Waals surface area (Å²) in [4.78, 5) is 11.6. The Balaban J connectivity index is 2.07. The van der Waals surface area contributed by atoms with Crippen LogP contribution >= 0.6 is 11.6 Å². The number of amides is 1. The molecule has 1 aromatic rings. The zero-order valence-corrected chi connectivity index (χ0v) is 10.2. The van der Waals surface area contributed by atoms with Gasteiger partial charge in [-0.3, -0.25) is 4.79 Å². The van der Waals surface area contributed by atoms with Crippen LogP contribution in [0.5, 0.6) is 0 Å². The number of halogens is 1. The van der Waals surface area contributed by atoms with Crippen molar-refractivity contribution < 1.29 is 14.3 Å². The summed E-state index contributed by atoms with van der Waals surface area (Å²) in [5.41, 5.74) is 0.924. The van der Waals surface area contributed by atoms with Crippen LogP contribution in [-0.4, -0.2) is 32.3 Å². The van der Waals surface area contributed by atoms with Crippen molar-refractivity contribution in [2.24, 2.45) is 0 Å². The molecule has 0 bridgehead atoms. The molecule has 2 unspecified atom stereocenters. The van der Waals surface area contributed by atoms with Crippen molar-refractivity contribution >= 4 is 17.5 Å². The standard InChI is InChI=1S/C12H14ClNO3/c1-16-6-10(14-12(15)11-7-17-11)8-3-2-4-9(13)5-8/h2-5,10-11H,6-7H2,1H3,(H,14,15). The summed E-state index contributed by atoms with van der Waals surface area (Å²) >= 11 is 5.92. The molecule has 1 heterocycles. The van der Waals surface area contributed by atoms with Gasteiger partial charge in [0.2, 0.25) is 0 Å². The van der Waals surface area contributed by atoms with E-state index < -0.39 is 0 Å². The second kappa shape index (κ2) is 5.49. The highest BCUT2D eigenvalue weighted by Gasteiger charge is 2.32. The normalized spacial score (nSPS) is 19.8. The number of rotatable bonds is 5. The summed E-state index contributed by atoms with van der Waals surface area (Å²) in [6.07, 6.45) is -0.298. The monoisotopic (exact) mass is 255 g/mol. The fraction of sp³-hybridized carbons (Fsp3) is 0.417. The predicted molar refractivity (Wildman–Crippen MR) is 64.0 cm³/mol. The smallest absolute Gasteiger partial charge is 0.252 e. The van der Waals surface area contributed by atoms with E-state index in [9.17, 15) is 4.79 Å². The molecule has 1 aliphatic heterocycles. The molecule has 17 heavy (non-hydrogen) atoms. The molecule has 92 valence electrons. The molecule has 0 saturated carbocycles. The highest BCUT2D eigenvalue weighted by Crippen LogP contribution is 2.19. The fourth-order valence-corrected chi connectivity index (χ4v) is 1.77. The lowest BCUT2D eigenvalue weighted by molar-refractivity contribution is -0.123. The largest absolute Gasteiger partial charge is 0.382 e. The van der Waals surface area contributed by atoms with Crippen molar-refractivity contribution in [3.8, 4) is 0 Å². The Morgan fingerprint density at radius 2 is 2.47 bits per heavy atom. The molecule has 0 spiro atoms. The van der Waals surface area contributed by atoms with Gasteiger partial charge in [0.25, 0.3) is 5.91 Å². The predicted octanol–water partition coefficient (Wildman–Crippen LogP) is 1.54. The van der Waals surface area contributed by atoms with E-state index in [2.05, 4.69) is 5.32 Å². The minimum atomic E-state index is -0.298. The van der Waals surface area contributed by atoms with Gasteiger partial charge in [0, 0.05) is 12.1 Å². The van der Waals surface area contributed by atoms with Crippen LogP contribution in [0.4, 0.5) is 0 Å². The first kappa shape index (κ1) is 12.4. The van der Waals surface area contributed by atoms with Crippen molar-refractivity contribution in [3.05, 3.63) is 34.9 Å². The van der Waals surface area contributed by atoms with Crippen LogP contribution in [0, 0.1) is 0 Å². The zero-order chi connectivity index (χ0) is 12.3. The van der Waals surface area contributed by atoms with Gasteiger partial charge in [0.1, 0.15) is 0 Å². The molecule has 5 heteroatoms. The van der Waals surface area contributed by atoms with Crippen LogP contribution in [0.25, 0.3) is 0 Å². The quantitative estimate of drug-likeness (QED) is 0.812. The van der Waals surface area contributed by atoms with E-state index in [-0.39, 0.29) is 18.1 Å². The van der Waals surface area contributed by atoms with Crippen molar-refractivity contribution in [3.63, 3.8) is 0 Å². The first-order chi connectivity index (χ1) is 8.20. The van der Waals surface area contributed by atoms with E-state index in [1.807, 2.05) is 18.2 Å². The number of ether oxygens (including phenoxy) is 2. The number of benzene rings is 1. The lowest BCUT2D eigenvalue weighted by Gasteiger charge is -2.18. The lowest BCUT2D eigenvalue weighted by atomic mass is 10.1. The Morgan fingerprint density at radius 3 is 3.06 bits per heavy atom. The van der Waals surface area contributed by atoms with E-state index in [0.717, 1.165) is 5.56 Å². The van der Waals surface area contributed by atoms with Gasteiger partial charge >= 0.3 is 0 Å². The molecule has 2 rings (SSSR count). The van der Waals surface area contributed by atoms with E-state index in [1.165, 1.54) is 0 Å². The van der Waals surface area contributed by atoms with E-state index >= 15 is 0 Å². The van der Waals surface area contributed by atoms with Crippen LogP contribution in [-0.2, 0) is 14.3 Å².